The minimum absolute atomic E-state index is 0.466. The van der Waals surface area contributed by atoms with Crippen molar-refractivity contribution >= 4 is 5.69 Å². The van der Waals surface area contributed by atoms with Gasteiger partial charge in [0.25, 0.3) is 0 Å². The van der Waals surface area contributed by atoms with E-state index in [1.807, 2.05) is 12.1 Å². The highest BCUT2D eigenvalue weighted by Crippen LogP contribution is 2.28. The summed E-state index contributed by atoms with van der Waals surface area (Å²) in [4.78, 5) is 0. The highest BCUT2D eigenvalue weighted by atomic mass is 14.9. The number of fused-ring (bicyclic) bond motifs is 1. The van der Waals surface area contributed by atoms with E-state index in [0.717, 1.165) is 12.2 Å². The van der Waals surface area contributed by atoms with Crippen molar-refractivity contribution in [2.24, 2.45) is 0 Å². The summed E-state index contributed by atoms with van der Waals surface area (Å²) in [6, 6.07) is 6.57. The van der Waals surface area contributed by atoms with Crippen LogP contribution in [-0.4, -0.2) is 0 Å². The van der Waals surface area contributed by atoms with Crippen molar-refractivity contribution in [1.82, 2.24) is 5.32 Å². The van der Waals surface area contributed by atoms with Crippen LogP contribution in [0.5, 0.6) is 0 Å². The minimum atomic E-state index is 0.466. The lowest BCUT2D eigenvalue weighted by molar-refractivity contribution is 0.634. The van der Waals surface area contributed by atoms with Crippen LogP contribution in [0.25, 0.3) is 0 Å². The van der Waals surface area contributed by atoms with E-state index in [-0.39, 0.29) is 0 Å². The Kier molecular flexibility index (Phi) is 1.36. The second-order valence-corrected chi connectivity index (χ2v) is 3.02. The van der Waals surface area contributed by atoms with Gasteiger partial charge in [-0.15, -0.1) is 0 Å². The van der Waals surface area contributed by atoms with E-state index in [9.17, 15) is 0 Å². The molecule has 58 valence electrons. The van der Waals surface area contributed by atoms with Crippen molar-refractivity contribution in [3.05, 3.63) is 29.3 Å². The lowest BCUT2D eigenvalue weighted by Gasteiger charge is -2.04. The molecule has 3 N–H and O–H groups in total. The zero-order chi connectivity index (χ0) is 7.84. The van der Waals surface area contributed by atoms with Gasteiger partial charge >= 0.3 is 0 Å². The van der Waals surface area contributed by atoms with E-state index in [4.69, 9.17) is 5.73 Å². The first-order valence-electron chi connectivity index (χ1n) is 3.89. The molecule has 0 bridgehead atoms. The van der Waals surface area contributed by atoms with Crippen molar-refractivity contribution in [3.8, 4) is 0 Å². The van der Waals surface area contributed by atoms with Crippen molar-refractivity contribution in [2.45, 2.75) is 19.5 Å². The zero-order valence-electron chi connectivity index (χ0n) is 6.59. The van der Waals surface area contributed by atoms with Gasteiger partial charge in [-0.3, -0.25) is 0 Å². The van der Waals surface area contributed by atoms with Crippen LogP contribution in [-0.2, 0) is 6.54 Å². The summed E-state index contributed by atoms with van der Waals surface area (Å²) in [5.41, 5.74) is 9.34. The maximum atomic E-state index is 5.79. The highest BCUT2D eigenvalue weighted by Gasteiger charge is 2.18. The van der Waals surface area contributed by atoms with Crippen LogP contribution in [0.3, 0.4) is 0 Å². The third-order valence-electron chi connectivity index (χ3n) is 2.30. The van der Waals surface area contributed by atoms with Gasteiger partial charge in [-0.1, -0.05) is 12.1 Å². The molecule has 0 aromatic heterocycles. The van der Waals surface area contributed by atoms with Gasteiger partial charge in [0.05, 0.1) is 0 Å². The molecule has 2 heteroatoms. The zero-order valence-corrected chi connectivity index (χ0v) is 6.59. The predicted octanol–water partition coefficient (Wildman–Crippen LogP) is 1.43. The number of rotatable bonds is 0. The van der Waals surface area contributed by atoms with Crippen LogP contribution in [0.4, 0.5) is 5.69 Å². The van der Waals surface area contributed by atoms with E-state index < -0.39 is 0 Å². The lowest BCUT2D eigenvalue weighted by Crippen LogP contribution is -2.07. The molecule has 11 heavy (non-hydrogen) atoms. The van der Waals surface area contributed by atoms with Gasteiger partial charge in [0, 0.05) is 18.3 Å². The maximum Gasteiger partial charge on any atom is 0.0363 e. The normalized spacial score (nSPS) is 21.7. The summed E-state index contributed by atoms with van der Waals surface area (Å²) in [6.07, 6.45) is 0. The first kappa shape index (κ1) is 6.68. The van der Waals surface area contributed by atoms with Gasteiger partial charge in [-0.25, -0.2) is 0 Å². The van der Waals surface area contributed by atoms with Gasteiger partial charge < -0.3 is 11.1 Å². The first-order chi connectivity index (χ1) is 5.29. The number of benzene rings is 1. The molecule has 1 aliphatic rings. The van der Waals surface area contributed by atoms with E-state index in [0.29, 0.717) is 6.04 Å². The monoisotopic (exact) mass is 148 g/mol. The summed E-state index contributed by atoms with van der Waals surface area (Å²) in [5.74, 6) is 0. The fraction of sp³-hybridized carbons (Fsp3) is 0.333. The number of hydrogen-bond donors (Lipinski definition) is 2. The number of anilines is 1. The average Bonchev–Trinajstić information content (AvgIpc) is 2.35. The van der Waals surface area contributed by atoms with Gasteiger partial charge in [0.1, 0.15) is 0 Å². The predicted molar refractivity (Wildman–Crippen MR) is 46.1 cm³/mol. The van der Waals surface area contributed by atoms with E-state index in [2.05, 4.69) is 18.3 Å². The van der Waals surface area contributed by atoms with Crippen LogP contribution in [0.1, 0.15) is 24.1 Å². The van der Waals surface area contributed by atoms with Crippen LogP contribution in [0.15, 0.2) is 18.2 Å². The molecule has 0 spiro atoms. The number of nitrogens with one attached hydrogen (secondary N) is 1. The number of hydrogen-bond acceptors (Lipinski definition) is 2. The third kappa shape index (κ3) is 0.906. The molecule has 0 aliphatic carbocycles. The van der Waals surface area contributed by atoms with Crippen LogP contribution in [0.2, 0.25) is 0 Å². The molecule has 1 heterocycles. The Morgan fingerprint density at radius 2 is 2.36 bits per heavy atom. The quantitative estimate of drug-likeness (QED) is 0.546. The molecule has 1 atom stereocenters. The Morgan fingerprint density at radius 3 is 3.09 bits per heavy atom. The van der Waals surface area contributed by atoms with Crippen molar-refractivity contribution in [1.29, 1.82) is 0 Å². The Labute approximate surface area is 66.4 Å². The second kappa shape index (κ2) is 2.24. The van der Waals surface area contributed by atoms with Crippen molar-refractivity contribution in [3.63, 3.8) is 0 Å². The molecule has 1 aromatic rings. The molecule has 0 fully saturated rings. The van der Waals surface area contributed by atoms with Gasteiger partial charge in [-0.2, -0.15) is 0 Å². The van der Waals surface area contributed by atoms with Gasteiger partial charge in [0.15, 0.2) is 0 Å². The topological polar surface area (TPSA) is 38.0 Å². The van der Waals surface area contributed by atoms with Gasteiger partial charge in [-0.05, 0) is 24.1 Å². The number of nitrogens with two attached hydrogens (primary N) is 1. The Hall–Kier alpha value is -1.02. The lowest BCUT2D eigenvalue weighted by atomic mass is 10.1. The molecule has 0 saturated heterocycles. The van der Waals surface area contributed by atoms with Gasteiger partial charge in [0.2, 0.25) is 0 Å². The van der Waals surface area contributed by atoms with E-state index in [1.165, 1.54) is 11.1 Å². The summed E-state index contributed by atoms with van der Waals surface area (Å²) in [7, 11) is 0. The summed E-state index contributed by atoms with van der Waals surface area (Å²) in [6.45, 7) is 3.08. The first-order valence-corrected chi connectivity index (χ1v) is 3.89. The van der Waals surface area contributed by atoms with Crippen molar-refractivity contribution < 1.29 is 0 Å². The summed E-state index contributed by atoms with van der Waals surface area (Å²) < 4.78 is 0. The molecule has 0 saturated carbocycles. The average molecular weight is 148 g/mol. The van der Waals surface area contributed by atoms with Crippen molar-refractivity contribution in [2.75, 3.05) is 5.73 Å². The standard InChI is InChI=1S/C9H12N2/c1-6-7-3-2-4-9(10)8(7)5-11-6/h2-4,6,11H,5,10H2,1H3/t6-/m0/s1. The minimum Gasteiger partial charge on any atom is -0.398 e. The molecular weight excluding hydrogens is 136 g/mol. The molecule has 2 rings (SSSR count). The maximum absolute atomic E-state index is 5.79. The molecule has 0 radical (unpaired) electrons. The van der Waals surface area contributed by atoms with E-state index >= 15 is 0 Å². The smallest absolute Gasteiger partial charge is 0.0363 e. The summed E-state index contributed by atoms with van der Waals surface area (Å²) >= 11 is 0. The Balaban J connectivity index is 2.57. The Morgan fingerprint density at radius 1 is 1.55 bits per heavy atom. The molecule has 2 nitrogen and oxygen atoms in total. The van der Waals surface area contributed by atoms with Crippen LogP contribution < -0.4 is 11.1 Å². The fourth-order valence-electron chi connectivity index (χ4n) is 1.60. The molecular formula is C9H12N2. The molecule has 0 amide bonds. The SMILES string of the molecule is C[C@@H]1NCc2c(N)cccc21. The molecule has 0 unspecified atom stereocenters. The number of nitrogen functional groups attached to an aromatic ring is 1. The summed E-state index contributed by atoms with van der Waals surface area (Å²) in [5, 5.41) is 3.35. The Bertz CT molecular complexity index is 281. The largest absolute Gasteiger partial charge is 0.398 e. The third-order valence-corrected chi connectivity index (χ3v) is 2.30. The van der Waals surface area contributed by atoms with Crippen LogP contribution >= 0.6 is 0 Å². The highest BCUT2D eigenvalue weighted by molar-refractivity contribution is 5.53. The molecule has 1 aliphatic heterocycles. The van der Waals surface area contributed by atoms with Crippen LogP contribution in [0, 0.1) is 0 Å². The van der Waals surface area contributed by atoms with E-state index in [1.54, 1.807) is 0 Å². The molecule has 1 aromatic carbocycles. The fourth-order valence-corrected chi connectivity index (χ4v) is 1.60. The second-order valence-electron chi connectivity index (χ2n) is 3.02.